The van der Waals surface area contributed by atoms with E-state index in [0.29, 0.717) is 13.0 Å². The van der Waals surface area contributed by atoms with Crippen LogP contribution in [-0.2, 0) is 9.47 Å². The molecule has 1 aliphatic rings. The summed E-state index contributed by atoms with van der Waals surface area (Å²) in [4.78, 5) is 12.3. The van der Waals surface area contributed by atoms with E-state index in [1.54, 1.807) is 0 Å². The second-order valence-corrected chi connectivity index (χ2v) is 5.18. The molecule has 1 heterocycles. The average molecular weight is 351 g/mol. The summed E-state index contributed by atoms with van der Waals surface area (Å²) in [5.74, 6) is -1.38. The molecule has 5 nitrogen and oxygen atoms in total. The molecule has 0 aliphatic carbocycles. The number of hydrogen-bond acceptors (Lipinski definition) is 4. The van der Waals surface area contributed by atoms with Crippen LogP contribution in [0.5, 0.6) is 5.75 Å². The SMILES string of the molecule is COC1CCOCC1NC(=O)c1ccccc1OC(F)(F)C(F)F. The minimum atomic E-state index is -4.70. The Morgan fingerprint density at radius 1 is 1.38 bits per heavy atom. The smallest absolute Gasteiger partial charge is 0.427 e. The number of rotatable bonds is 6. The van der Waals surface area contributed by atoms with Crippen LogP contribution in [0, 0.1) is 0 Å². The molecular weight excluding hydrogens is 334 g/mol. The third kappa shape index (κ3) is 4.35. The number of ether oxygens (including phenoxy) is 3. The Labute approximate surface area is 135 Å². The maximum atomic E-state index is 13.1. The van der Waals surface area contributed by atoms with Crippen molar-refractivity contribution in [3.8, 4) is 5.75 Å². The molecule has 1 aromatic rings. The molecule has 2 unspecified atom stereocenters. The summed E-state index contributed by atoms with van der Waals surface area (Å²) >= 11 is 0. The number of halogens is 4. The molecule has 1 aromatic carbocycles. The van der Waals surface area contributed by atoms with Crippen molar-refractivity contribution < 1.29 is 36.6 Å². The Bertz CT molecular complexity index is 570. The maximum absolute atomic E-state index is 13.1. The van der Waals surface area contributed by atoms with Gasteiger partial charge in [-0.1, -0.05) is 12.1 Å². The van der Waals surface area contributed by atoms with Gasteiger partial charge in [-0.05, 0) is 18.6 Å². The quantitative estimate of drug-likeness (QED) is 0.800. The van der Waals surface area contributed by atoms with Gasteiger partial charge in [-0.3, -0.25) is 4.79 Å². The summed E-state index contributed by atoms with van der Waals surface area (Å²) in [6, 6.07) is 4.46. The number of carbonyl (C=O) groups excluding carboxylic acids is 1. The van der Waals surface area contributed by atoms with Crippen LogP contribution in [0.3, 0.4) is 0 Å². The van der Waals surface area contributed by atoms with Crippen molar-refractivity contribution >= 4 is 5.91 Å². The first-order valence-corrected chi connectivity index (χ1v) is 7.20. The molecule has 1 amide bonds. The lowest BCUT2D eigenvalue weighted by Crippen LogP contribution is -2.50. The normalized spacial score (nSPS) is 21.6. The molecule has 1 N–H and O–H groups in total. The third-order valence-electron chi connectivity index (χ3n) is 3.54. The van der Waals surface area contributed by atoms with Crippen LogP contribution in [0.15, 0.2) is 24.3 Å². The van der Waals surface area contributed by atoms with Crippen LogP contribution in [-0.4, -0.2) is 50.9 Å². The molecule has 0 bridgehead atoms. The van der Waals surface area contributed by atoms with Gasteiger partial charge in [-0.25, -0.2) is 0 Å². The highest BCUT2D eigenvalue weighted by molar-refractivity contribution is 5.97. The first-order valence-electron chi connectivity index (χ1n) is 7.20. The van der Waals surface area contributed by atoms with Crippen molar-refractivity contribution in [3.63, 3.8) is 0 Å². The van der Waals surface area contributed by atoms with Gasteiger partial charge < -0.3 is 19.5 Å². The number of nitrogens with one attached hydrogen (secondary N) is 1. The van der Waals surface area contributed by atoms with Gasteiger partial charge >= 0.3 is 12.5 Å². The summed E-state index contributed by atoms with van der Waals surface area (Å²) in [7, 11) is 1.48. The van der Waals surface area contributed by atoms with Gasteiger partial charge in [0.2, 0.25) is 0 Å². The summed E-state index contributed by atoms with van der Waals surface area (Å²) in [5, 5.41) is 2.59. The number of para-hydroxylation sites is 1. The topological polar surface area (TPSA) is 56.8 Å². The zero-order valence-electron chi connectivity index (χ0n) is 12.8. The van der Waals surface area contributed by atoms with Crippen LogP contribution in [0.2, 0.25) is 0 Å². The predicted octanol–water partition coefficient (Wildman–Crippen LogP) is 2.46. The average Bonchev–Trinajstić information content (AvgIpc) is 2.55. The van der Waals surface area contributed by atoms with Gasteiger partial charge in [-0.2, -0.15) is 17.6 Å². The lowest BCUT2D eigenvalue weighted by Gasteiger charge is -2.31. The van der Waals surface area contributed by atoms with E-state index in [4.69, 9.17) is 9.47 Å². The second kappa shape index (κ2) is 7.80. The van der Waals surface area contributed by atoms with Crippen LogP contribution >= 0.6 is 0 Å². The van der Waals surface area contributed by atoms with E-state index < -0.39 is 30.2 Å². The number of hydrogen-bond donors (Lipinski definition) is 1. The monoisotopic (exact) mass is 351 g/mol. The van der Waals surface area contributed by atoms with E-state index in [0.717, 1.165) is 6.07 Å². The minimum Gasteiger partial charge on any atom is -0.427 e. The molecule has 1 aliphatic heterocycles. The second-order valence-electron chi connectivity index (χ2n) is 5.18. The molecular formula is C15H17F4NO4. The molecule has 2 rings (SSSR count). The number of benzene rings is 1. The Morgan fingerprint density at radius 2 is 2.08 bits per heavy atom. The highest BCUT2D eigenvalue weighted by Gasteiger charge is 2.44. The van der Waals surface area contributed by atoms with E-state index >= 15 is 0 Å². The van der Waals surface area contributed by atoms with E-state index in [1.807, 2.05) is 0 Å². The molecule has 1 fully saturated rings. The third-order valence-corrected chi connectivity index (χ3v) is 3.54. The van der Waals surface area contributed by atoms with Crippen molar-refractivity contribution in [2.75, 3.05) is 20.3 Å². The van der Waals surface area contributed by atoms with Gasteiger partial charge in [-0.15, -0.1) is 0 Å². The number of alkyl halides is 4. The fraction of sp³-hybridized carbons (Fsp3) is 0.533. The predicted molar refractivity (Wildman–Crippen MR) is 75.5 cm³/mol. The van der Waals surface area contributed by atoms with Crippen molar-refractivity contribution in [1.29, 1.82) is 0 Å². The summed E-state index contributed by atoms with van der Waals surface area (Å²) < 4.78 is 65.3. The highest BCUT2D eigenvalue weighted by atomic mass is 19.3. The summed E-state index contributed by atoms with van der Waals surface area (Å²) in [6.07, 6.45) is -8.45. The Kier molecular flexibility index (Phi) is 6.00. The Hall–Kier alpha value is -1.87. The lowest BCUT2D eigenvalue weighted by molar-refractivity contribution is -0.253. The number of amides is 1. The van der Waals surface area contributed by atoms with E-state index in [1.165, 1.54) is 25.3 Å². The Balaban J connectivity index is 2.15. The van der Waals surface area contributed by atoms with Gasteiger partial charge in [0.1, 0.15) is 5.75 Å². The highest BCUT2D eigenvalue weighted by Crippen LogP contribution is 2.30. The molecule has 24 heavy (non-hydrogen) atoms. The minimum absolute atomic E-state index is 0.195. The fourth-order valence-corrected chi connectivity index (χ4v) is 2.32. The van der Waals surface area contributed by atoms with Crippen LogP contribution in [0.4, 0.5) is 17.6 Å². The molecule has 0 spiro atoms. The molecule has 9 heteroatoms. The van der Waals surface area contributed by atoms with Crippen molar-refractivity contribution in [2.24, 2.45) is 0 Å². The van der Waals surface area contributed by atoms with Crippen LogP contribution < -0.4 is 10.1 Å². The zero-order chi connectivity index (χ0) is 17.7. The number of carbonyl (C=O) groups is 1. The van der Waals surface area contributed by atoms with E-state index in [9.17, 15) is 22.4 Å². The van der Waals surface area contributed by atoms with Gasteiger partial charge in [0, 0.05) is 13.7 Å². The largest absolute Gasteiger partial charge is 0.461 e. The Morgan fingerprint density at radius 3 is 2.75 bits per heavy atom. The summed E-state index contributed by atoms with van der Waals surface area (Å²) in [6.45, 7) is 0.672. The molecule has 1 saturated heterocycles. The van der Waals surface area contributed by atoms with Gasteiger partial charge in [0.05, 0.1) is 24.3 Å². The van der Waals surface area contributed by atoms with E-state index in [-0.39, 0.29) is 18.3 Å². The van der Waals surface area contributed by atoms with Crippen molar-refractivity contribution in [3.05, 3.63) is 29.8 Å². The van der Waals surface area contributed by atoms with Gasteiger partial charge in [0.25, 0.3) is 5.91 Å². The standard InChI is InChI=1S/C15H17F4NO4/c1-22-12-6-7-23-8-10(12)20-13(21)9-4-2-3-5-11(9)24-15(18,19)14(16)17/h2-5,10,12,14H,6-8H2,1H3,(H,20,21). The molecule has 0 radical (unpaired) electrons. The van der Waals surface area contributed by atoms with Crippen molar-refractivity contribution in [1.82, 2.24) is 5.32 Å². The molecule has 134 valence electrons. The first kappa shape index (κ1) is 18.5. The number of methoxy groups -OCH3 is 1. The van der Waals surface area contributed by atoms with E-state index in [2.05, 4.69) is 10.1 Å². The van der Waals surface area contributed by atoms with Crippen molar-refractivity contribution in [2.45, 2.75) is 31.1 Å². The van der Waals surface area contributed by atoms with Crippen LogP contribution in [0.1, 0.15) is 16.8 Å². The maximum Gasteiger partial charge on any atom is 0.461 e. The van der Waals surface area contributed by atoms with Crippen LogP contribution in [0.25, 0.3) is 0 Å². The zero-order valence-corrected chi connectivity index (χ0v) is 12.8. The molecule has 2 atom stereocenters. The molecule has 0 saturated carbocycles. The summed E-state index contributed by atoms with van der Waals surface area (Å²) in [5.41, 5.74) is -0.279. The first-order chi connectivity index (χ1) is 11.3. The van der Waals surface area contributed by atoms with Gasteiger partial charge in [0.15, 0.2) is 0 Å². The fourth-order valence-electron chi connectivity index (χ4n) is 2.32. The lowest BCUT2D eigenvalue weighted by atomic mass is 10.1. The molecule has 0 aromatic heterocycles.